The SMILES string of the molecule is CC[N+](CC)(CC)S(=O)(=O)[NH+]([O-])C(=O)OC. The minimum absolute atomic E-state index is 0.234. The van der Waals surface area contributed by atoms with E-state index in [1.807, 2.05) is 0 Å². The van der Waals surface area contributed by atoms with E-state index in [4.69, 9.17) is 0 Å². The van der Waals surface area contributed by atoms with Crippen LogP contribution in [0.4, 0.5) is 4.79 Å². The standard InChI is InChI=1S/C8H19N2O5S/c1-5-10(6-2,7-3)16(13,14)9(12)8(11)15-4/h9H,5-7H2,1-4H3/q+1. The van der Waals surface area contributed by atoms with Gasteiger partial charge < -0.3 is 9.94 Å². The molecule has 0 fully saturated rings. The maximum atomic E-state index is 12.0. The van der Waals surface area contributed by atoms with Gasteiger partial charge in [0.1, 0.15) is 0 Å². The first-order valence-corrected chi connectivity index (χ1v) is 6.50. The Bertz CT molecular complexity index is 328. The summed E-state index contributed by atoms with van der Waals surface area (Å²) in [5.41, 5.74) is 0. The fourth-order valence-electron chi connectivity index (χ4n) is 1.55. The molecular weight excluding hydrogens is 236 g/mol. The summed E-state index contributed by atoms with van der Waals surface area (Å²) < 4.78 is 26.2. The zero-order valence-corrected chi connectivity index (χ0v) is 10.8. The molecule has 0 rings (SSSR count). The zero-order chi connectivity index (χ0) is 13.0. The Morgan fingerprint density at radius 3 is 1.88 bits per heavy atom. The highest BCUT2D eigenvalue weighted by Crippen LogP contribution is 2.10. The highest BCUT2D eigenvalue weighted by molar-refractivity contribution is 7.79. The van der Waals surface area contributed by atoms with E-state index in [9.17, 15) is 18.4 Å². The van der Waals surface area contributed by atoms with Gasteiger partial charge in [0.15, 0.2) is 0 Å². The number of hydrogen-bond donors (Lipinski definition) is 1. The van der Waals surface area contributed by atoms with Crippen molar-refractivity contribution in [2.24, 2.45) is 0 Å². The Labute approximate surface area is 95.9 Å². The van der Waals surface area contributed by atoms with Gasteiger partial charge in [0.25, 0.3) is 0 Å². The zero-order valence-electron chi connectivity index (χ0n) is 10.0. The van der Waals surface area contributed by atoms with Crippen molar-refractivity contribution in [3.05, 3.63) is 5.21 Å². The number of hydroxylamine groups is 1. The average Bonchev–Trinajstić information content (AvgIpc) is 2.29. The van der Waals surface area contributed by atoms with Gasteiger partial charge in [-0.25, -0.2) is 0 Å². The van der Waals surface area contributed by atoms with E-state index < -0.39 is 24.7 Å². The molecule has 0 aliphatic rings. The van der Waals surface area contributed by atoms with Crippen molar-refractivity contribution in [1.29, 1.82) is 0 Å². The van der Waals surface area contributed by atoms with Gasteiger partial charge >= 0.3 is 16.3 Å². The number of methoxy groups -OCH3 is 1. The molecule has 1 N–H and O–H groups in total. The lowest BCUT2D eigenvalue weighted by Gasteiger charge is -2.34. The maximum absolute atomic E-state index is 12.0. The second-order valence-electron chi connectivity index (χ2n) is 3.26. The van der Waals surface area contributed by atoms with Crippen LogP contribution in [0.1, 0.15) is 20.8 Å². The molecule has 0 saturated heterocycles. The van der Waals surface area contributed by atoms with Crippen molar-refractivity contribution in [2.45, 2.75) is 20.8 Å². The third-order valence-electron chi connectivity index (χ3n) is 2.83. The Morgan fingerprint density at radius 2 is 1.62 bits per heavy atom. The number of quaternary nitrogens is 2. The molecule has 8 heteroatoms. The van der Waals surface area contributed by atoms with Crippen molar-refractivity contribution in [3.63, 3.8) is 0 Å². The number of rotatable bonds is 5. The lowest BCUT2D eigenvalue weighted by Crippen LogP contribution is -3.14. The van der Waals surface area contributed by atoms with E-state index in [-0.39, 0.29) is 19.6 Å². The van der Waals surface area contributed by atoms with Gasteiger partial charge in [-0.2, -0.15) is 8.68 Å². The Morgan fingerprint density at radius 1 is 1.25 bits per heavy atom. The number of nitrogens with zero attached hydrogens (tertiary/aromatic N) is 1. The quantitative estimate of drug-likeness (QED) is 0.516. The summed E-state index contributed by atoms with van der Waals surface area (Å²) in [6.07, 6.45) is -1.34. The first-order chi connectivity index (χ1) is 7.32. The highest BCUT2D eigenvalue weighted by atomic mass is 32.2. The molecule has 0 saturated carbocycles. The predicted molar refractivity (Wildman–Crippen MR) is 57.5 cm³/mol. The topological polar surface area (TPSA) is 87.9 Å². The van der Waals surface area contributed by atoms with Crippen molar-refractivity contribution >= 4 is 16.3 Å². The molecule has 7 nitrogen and oxygen atoms in total. The van der Waals surface area contributed by atoms with Crippen LogP contribution in [0.5, 0.6) is 0 Å². The lowest BCUT2D eigenvalue weighted by atomic mass is 10.5. The van der Waals surface area contributed by atoms with Crippen LogP contribution < -0.4 is 4.47 Å². The van der Waals surface area contributed by atoms with E-state index in [2.05, 4.69) is 4.74 Å². The minimum Gasteiger partial charge on any atom is -0.604 e. The molecule has 1 unspecified atom stereocenters. The third-order valence-corrected chi connectivity index (χ3v) is 5.25. The number of nitrogens with one attached hydrogen (secondary N) is 1. The van der Waals surface area contributed by atoms with E-state index in [0.29, 0.717) is 0 Å². The van der Waals surface area contributed by atoms with Gasteiger partial charge in [-0.1, -0.05) is 0 Å². The van der Waals surface area contributed by atoms with Crippen molar-refractivity contribution in [3.8, 4) is 0 Å². The number of amides is 1. The van der Waals surface area contributed by atoms with Gasteiger partial charge in [0, 0.05) is 0 Å². The van der Waals surface area contributed by atoms with Gasteiger partial charge in [-0.3, -0.25) is 0 Å². The van der Waals surface area contributed by atoms with Crippen molar-refractivity contribution in [2.75, 3.05) is 26.7 Å². The molecular formula is C8H19N2O5S+. The van der Waals surface area contributed by atoms with Crippen LogP contribution in [0.25, 0.3) is 0 Å². The molecule has 0 radical (unpaired) electrons. The average molecular weight is 255 g/mol. The molecule has 0 aromatic rings. The highest BCUT2D eigenvalue weighted by Gasteiger charge is 2.46. The first-order valence-electron chi connectivity index (χ1n) is 5.06. The molecule has 1 amide bonds. The van der Waals surface area contributed by atoms with Gasteiger partial charge in [0.2, 0.25) is 0 Å². The number of ether oxygens (including phenoxy) is 1. The summed E-state index contributed by atoms with van der Waals surface area (Å²) in [6, 6.07) is 0. The lowest BCUT2D eigenvalue weighted by molar-refractivity contribution is -0.844. The Balaban J connectivity index is 5.40. The normalized spacial score (nSPS) is 14.6. The minimum atomic E-state index is -4.20. The predicted octanol–water partition coefficient (Wildman–Crippen LogP) is -0.743. The monoisotopic (exact) mass is 255 g/mol. The van der Waals surface area contributed by atoms with Crippen molar-refractivity contribution < 1.29 is 26.3 Å². The van der Waals surface area contributed by atoms with Gasteiger partial charge in [0.05, 0.1) is 26.7 Å². The Hall–Kier alpha value is -0.700. The van der Waals surface area contributed by atoms with Crippen LogP contribution in [-0.4, -0.2) is 45.1 Å². The summed E-state index contributed by atoms with van der Waals surface area (Å²) in [4.78, 5) is 11.0. The fourth-order valence-corrected chi connectivity index (χ4v) is 3.21. The molecule has 0 bridgehead atoms. The third kappa shape index (κ3) is 2.34. The second kappa shape index (κ2) is 5.58. The Kier molecular flexibility index (Phi) is 5.33. The van der Waals surface area contributed by atoms with Gasteiger partial charge in [-0.05, 0) is 20.8 Å². The van der Waals surface area contributed by atoms with Gasteiger partial charge in [-0.15, -0.1) is 12.9 Å². The van der Waals surface area contributed by atoms with Crippen LogP contribution >= 0.6 is 0 Å². The van der Waals surface area contributed by atoms with Crippen molar-refractivity contribution in [1.82, 2.24) is 0 Å². The molecule has 0 aromatic heterocycles. The fraction of sp³-hybridized carbons (Fsp3) is 0.875. The van der Waals surface area contributed by atoms with Crippen LogP contribution in [0.15, 0.2) is 0 Å². The molecule has 0 heterocycles. The van der Waals surface area contributed by atoms with Crippen LogP contribution in [0, 0.1) is 5.21 Å². The maximum Gasteiger partial charge on any atom is 0.534 e. The largest absolute Gasteiger partial charge is 0.604 e. The first kappa shape index (κ1) is 15.3. The molecule has 0 aliphatic carbocycles. The molecule has 96 valence electrons. The smallest absolute Gasteiger partial charge is 0.534 e. The molecule has 1 atom stereocenters. The molecule has 0 spiro atoms. The number of carbonyl (C=O) groups excluding carboxylic acids is 1. The molecule has 16 heavy (non-hydrogen) atoms. The van der Waals surface area contributed by atoms with Crippen LogP contribution in [-0.2, 0) is 14.9 Å². The summed E-state index contributed by atoms with van der Waals surface area (Å²) in [5, 5.41) is 11.4. The molecule has 0 aromatic carbocycles. The van der Waals surface area contributed by atoms with E-state index in [1.165, 1.54) is 0 Å². The second-order valence-corrected chi connectivity index (χ2v) is 5.36. The summed E-state index contributed by atoms with van der Waals surface area (Å²) in [6.45, 7) is 5.69. The summed E-state index contributed by atoms with van der Waals surface area (Å²) in [7, 11) is -3.22. The summed E-state index contributed by atoms with van der Waals surface area (Å²) >= 11 is 0. The molecule has 0 aliphatic heterocycles. The van der Waals surface area contributed by atoms with E-state index in [0.717, 1.165) is 7.11 Å². The van der Waals surface area contributed by atoms with E-state index in [1.54, 1.807) is 20.8 Å². The van der Waals surface area contributed by atoms with Crippen LogP contribution in [0.3, 0.4) is 0 Å². The number of carbonyl (C=O) groups is 1. The number of hydrogen-bond acceptors (Lipinski definition) is 5. The van der Waals surface area contributed by atoms with E-state index >= 15 is 0 Å². The summed E-state index contributed by atoms with van der Waals surface area (Å²) in [5.74, 6) is 0. The van der Waals surface area contributed by atoms with Crippen LogP contribution in [0.2, 0.25) is 0 Å².